The number of rotatable bonds is 4. The molecule has 1 aromatic heterocycles. The Hall–Kier alpha value is -2.82. The molecule has 3 rings (SSSR count). The molecule has 0 saturated carbocycles. The Balaban J connectivity index is 1.85. The monoisotopic (exact) mass is 308 g/mol. The van der Waals surface area contributed by atoms with E-state index in [4.69, 9.17) is 4.52 Å². The minimum Gasteiger partial charge on any atom is -0.378 e. The summed E-state index contributed by atoms with van der Waals surface area (Å²) in [4.78, 5) is 8.60. The van der Waals surface area contributed by atoms with Crippen LogP contribution in [-0.2, 0) is 0 Å². The van der Waals surface area contributed by atoms with E-state index in [0.29, 0.717) is 11.7 Å². The van der Waals surface area contributed by atoms with Crippen molar-refractivity contribution in [1.29, 1.82) is 0 Å². The molecule has 0 aliphatic rings. The van der Waals surface area contributed by atoms with Crippen LogP contribution in [-0.4, -0.2) is 38.3 Å². The summed E-state index contributed by atoms with van der Waals surface area (Å²) in [6.45, 7) is 0. The maximum atomic E-state index is 5.40. The van der Waals surface area contributed by atoms with Crippen LogP contribution in [0.1, 0.15) is 0 Å². The molecule has 5 heteroatoms. The van der Waals surface area contributed by atoms with Gasteiger partial charge in [0.2, 0.25) is 5.82 Å². The van der Waals surface area contributed by atoms with E-state index in [0.717, 1.165) is 22.5 Å². The van der Waals surface area contributed by atoms with Gasteiger partial charge in [-0.15, -0.1) is 0 Å². The van der Waals surface area contributed by atoms with Crippen LogP contribution in [0.5, 0.6) is 0 Å². The zero-order chi connectivity index (χ0) is 16.4. The molecule has 0 aliphatic carbocycles. The van der Waals surface area contributed by atoms with Crippen LogP contribution in [0.3, 0.4) is 0 Å². The van der Waals surface area contributed by atoms with Crippen LogP contribution in [0.2, 0.25) is 0 Å². The Morgan fingerprint density at radius 1 is 0.696 bits per heavy atom. The van der Waals surface area contributed by atoms with Crippen LogP contribution in [0.15, 0.2) is 53.1 Å². The summed E-state index contributed by atoms with van der Waals surface area (Å²) in [5.41, 5.74) is 4.12. The molecule has 0 atom stereocenters. The predicted molar refractivity (Wildman–Crippen MR) is 93.8 cm³/mol. The topological polar surface area (TPSA) is 45.4 Å². The summed E-state index contributed by atoms with van der Waals surface area (Å²) in [5.74, 6) is 1.13. The van der Waals surface area contributed by atoms with Gasteiger partial charge in [0, 0.05) is 50.7 Å². The first-order valence-electron chi connectivity index (χ1n) is 7.44. The van der Waals surface area contributed by atoms with E-state index in [1.807, 2.05) is 76.7 Å². The summed E-state index contributed by atoms with van der Waals surface area (Å²) in [6, 6.07) is 16.1. The molecule has 0 saturated heterocycles. The summed E-state index contributed by atoms with van der Waals surface area (Å²) in [6.07, 6.45) is 0. The van der Waals surface area contributed by atoms with E-state index in [9.17, 15) is 0 Å². The van der Waals surface area contributed by atoms with Crippen molar-refractivity contribution in [3.63, 3.8) is 0 Å². The minimum absolute atomic E-state index is 0.530. The summed E-state index contributed by atoms with van der Waals surface area (Å²) >= 11 is 0. The van der Waals surface area contributed by atoms with Gasteiger partial charge in [0.25, 0.3) is 5.89 Å². The molecule has 0 N–H and O–H groups in total. The molecular weight excluding hydrogens is 288 g/mol. The number of hydrogen-bond donors (Lipinski definition) is 0. The predicted octanol–water partition coefficient (Wildman–Crippen LogP) is 3.54. The molecule has 0 aliphatic heterocycles. The zero-order valence-electron chi connectivity index (χ0n) is 13.8. The Labute approximate surface area is 136 Å². The number of anilines is 2. The molecule has 0 fully saturated rings. The molecule has 0 bridgehead atoms. The largest absolute Gasteiger partial charge is 0.378 e. The van der Waals surface area contributed by atoms with E-state index in [-0.39, 0.29) is 0 Å². The summed E-state index contributed by atoms with van der Waals surface area (Å²) in [7, 11) is 8.05. The van der Waals surface area contributed by atoms with E-state index in [1.165, 1.54) is 0 Å². The number of hydrogen-bond acceptors (Lipinski definition) is 5. The lowest BCUT2D eigenvalue weighted by Crippen LogP contribution is -2.07. The lowest BCUT2D eigenvalue weighted by Gasteiger charge is -2.11. The van der Waals surface area contributed by atoms with Crippen LogP contribution >= 0.6 is 0 Å². The SMILES string of the molecule is CN(C)c1ccc(-c2noc(-c3ccc(N(C)C)cc3)n2)cc1. The maximum Gasteiger partial charge on any atom is 0.258 e. The first-order valence-corrected chi connectivity index (χ1v) is 7.44. The van der Waals surface area contributed by atoms with Gasteiger partial charge in [-0.3, -0.25) is 0 Å². The fraction of sp³-hybridized carbons (Fsp3) is 0.222. The van der Waals surface area contributed by atoms with Gasteiger partial charge in [-0.1, -0.05) is 5.16 Å². The first-order chi connectivity index (χ1) is 11.0. The van der Waals surface area contributed by atoms with Gasteiger partial charge >= 0.3 is 0 Å². The van der Waals surface area contributed by atoms with E-state index in [1.54, 1.807) is 0 Å². The van der Waals surface area contributed by atoms with Gasteiger partial charge in [0.15, 0.2) is 0 Å². The Kier molecular flexibility index (Phi) is 4.02. The summed E-state index contributed by atoms with van der Waals surface area (Å²) < 4.78 is 5.40. The Bertz CT molecular complexity index is 708. The van der Waals surface area contributed by atoms with E-state index < -0.39 is 0 Å². The highest BCUT2D eigenvalue weighted by Gasteiger charge is 2.11. The van der Waals surface area contributed by atoms with Gasteiger partial charge < -0.3 is 14.3 Å². The average molecular weight is 308 g/mol. The molecular formula is C18H20N4O. The molecule has 118 valence electrons. The molecule has 3 aromatic rings. The third kappa shape index (κ3) is 3.18. The lowest BCUT2D eigenvalue weighted by atomic mass is 10.2. The molecule has 2 aromatic carbocycles. The quantitative estimate of drug-likeness (QED) is 0.737. The van der Waals surface area contributed by atoms with Crippen molar-refractivity contribution in [1.82, 2.24) is 10.1 Å². The fourth-order valence-corrected chi connectivity index (χ4v) is 2.27. The molecule has 0 amide bonds. The minimum atomic E-state index is 0.530. The third-order valence-electron chi connectivity index (χ3n) is 3.70. The highest BCUT2D eigenvalue weighted by atomic mass is 16.5. The van der Waals surface area contributed by atoms with Gasteiger partial charge in [-0.2, -0.15) is 4.98 Å². The van der Waals surface area contributed by atoms with Gasteiger partial charge in [0.1, 0.15) is 0 Å². The number of nitrogens with zero attached hydrogens (tertiary/aromatic N) is 4. The summed E-state index contributed by atoms with van der Waals surface area (Å²) in [5, 5.41) is 4.08. The number of benzene rings is 2. The normalized spacial score (nSPS) is 10.6. The highest BCUT2D eigenvalue weighted by Crippen LogP contribution is 2.25. The molecule has 5 nitrogen and oxygen atoms in total. The van der Waals surface area contributed by atoms with Gasteiger partial charge in [0.05, 0.1) is 0 Å². The van der Waals surface area contributed by atoms with Crippen LogP contribution in [0.4, 0.5) is 11.4 Å². The van der Waals surface area contributed by atoms with Crippen LogP contribution < -0.4 is 9.80 Å². The standard InChI is InChI=1S/C18H20N4O/c1-21(2)15-9-5-13(6-10-15)17-19-18(23-20-17)14-7-11-16(12-8-14)22(3)4/h5-12H,1-4H3. The molecule has 23 heavy (non-hydrogen) atoms. The molecule has 0 unspecified atom stereocenters. The molecule has 0 radical (unpaired) electrons. The number of aromatic nitrogens is 2. The lowest BCUT2D eigenvalue weighted by molar-refractivity contribution is 0.432. The van der Waals surface area contributed by atoms with Crippen molar-refractivity contribution >= 4 is 11.4 Å². The second-order valence-corrected chi connectivity index (χ2v) is 5.81. The fourth-order valence-electron chi connectivity index (χ4n) is 2.27. The second kappa shape index (κ2) is 6.12. The van der Waals surface area contributed by atoms with Crippen LogP contribution in [0, 0.1) is 0 Å². The van der Waals surface area contributed by atoms with Crippen molar-refractivity contribution < 1.29 is 4.52 Å². The van der Waals surface area contributed by atoms with E-state index in [2.05, 4.69) is 19.9 Å². The average Bonchev–Trinajstić information content (AvgIpc) is 3.05. The second-order valence-electron chi connectivity index (χ2n) is 5.81. The van der Waals surface area contributed by atoms with Crippen molar-refractivity contribution in [2.75, 3.05) is 38.0 Å². The van der Waals surface area contributed by atoms with Crippen molar-refractivity contribution in [2.24, 2.45) is 0 Å². The van der Waals surface area contributed by atoms with Crippen molar-refractivity contribution in [3.8, 4) is 22.8 Å². The van der Waals surface area contributed by atoms with Gasteiger partial charge in [-0.05, 0) is 48.5 Å². The maximum absolute atomic E-state index is 5.40. The van der Waals surface area contributed by atoms with Gasteiger partial charge in [-0.25, -0.2) is 0 Å². The first kappa shape index (κ1) is 15.1. The molecule has 0 spiro atoms. The van der Waals surface area contributed by atoms with Crippen LogP contribution in [0.25, 0.3) is 22.8 Å². The smallest absolute Gasteiger partial charge is 0.258 e. The van der Waals surface area contributed by atoms with Crippen molar-refractivity contribution in [2.45, 2.75) is 0 Å². The highest BCUT2D eigenvalue weighted by molar-refractivity contribution is 5.64. The third-order valence-corrected chi connectivity index (χ3v) is 3.70. The van der Waals surface area contributed by atoms with E-state index >= 15 is 0 Å². The zero-order valence-corrected chi connectivity index (χ0v) is 13.8. The Morgan fingerprint density at radius 2 is 1.17 bits per heavy atom. The molecule has 1 heterocycles. The van der Waals surface area contributed by atoms with Crippen molar-refractivity contribution in [3.05, 3.63) is 48.5 Å². The Morgan fingerprint density at radius 3 is 1.65 bits per heavy atom.